The summed E-state index contributed by atoms with van der Waals surface area (Å²) in [4.78, 5) is 11.6. The Morgan fingerprint density at radius 3 is 2.40 bits per heavy atom. The van der Waals surface area contributed by atoms with E-state index >= 15 is 0 Å². The summed E-state index contributed by atoms with van der Waals surface area (Å²) >= 11 is 5.84. The first-order valence-electron chi connectivity index (χ1n) is 4.55. The molecule has 1 amide bonds. The lowest BCUT2D eigenvalue weighted by Gasteiger charge is -2.06. The summed E-state index contributed by atoms with van der Waals surface area (Å²) in [5, 5.41) is 5.67. The highest BCUT2D eigenvalue weighted by molar-refractivity contribution is 6.44. The summed E-state index contributed by atoms with van der Waals surface area (Å²) in [6.45, 7) is 1.74. The fourth-order valence-corrected chi connectivity index (χ4v) is 1.13. The van der Waals surface area contributed by atoms with Crippen molar-refractivity contribution in [3.8, 4) is 0 Å². The van der Waals surface area contributed by atoms with Crippen molar-refractivity contribution < 1.29 is 4.79 Å². The molecule has 0 saturated carbocycles. The van der Waals surface area contributed by atoms with Crippen LogP contribution in [-0.2, 0) is 4.79 Å². The second kappa shape index (κ2) is 5.41. The molecule has 1 aromatic carbocycles. The maximum Gasteiger partial charge on any atom is 0.268 e. The SMILES string of the molecule is CN/C(C)=C(\Cl)C(=O)Nc1ccccc1. The number of halogens is 1. The summed E-state index contributed by atoms with van der Waals surface area (Å²) in [5.74, 6) is -0.310. The minimum atomic E-state index is -0.310. The van der Waals surface area contributed by atoms with E-state index in [-0.39, 0.29) is 10.9 Å². The number of amides is 1. The van der Waals surface area contributed by atoms with Crippen molar-refractivity contribution in [1.82, 2.24) is 5.32 Å². The van der Waals surface area contributed by atoms with Crippen LogP contribution in [0.2, 0.25) is 0 Å². The van der Waals surface area contributed by atoms with Gasteiger partial charge in [0.1, 0.15) is 5.03 Å². The Kier molecular flexibility index (Phi) is 4.18. The Morgan fingerprint density at radius 2 is 1.87 bits per heavy atom. The topological polar surface area (TPSA) is 41.1 Å². The molecule has 0 aromatic heterocycles. The van der Waals surface area contributed by atoms with Gasteiger partial charge >= 0.3 is 0 Å². The van der Waals surface area contributed by atoms with Crippen LogP contribution in [0.5, 0.6) is 0 Å². The molecule has 0 heterocycles. The lowest BCUT2D eigenvalue weighted by Crippen LogP contribution is -2.16. The van der Waals surface area contributed by atoms with Gasteiger partial charge in [0, 0.05) is 18.4 Å². The second-order valence-corrected chi connectivity index (χ2v) is 3.39. The third-order valence-corrected chi connectivity index (χ3v) is 2.39. The Hall–Kier alpha value is -1.48. The van der Waals surface area contributed by atoms with Crippen LogP contribution in [0.4, 0.5) is 5.69 Å². The molecule has 0 aliphatic carbocycles. The molecule has 1 aromatic rings. The highest BCUT2D eigenvalue weighted by Gasteiger charge is 2.09. The predicted molar refractivity (Wildman–Crippen MR) is 62.7 cm³/mol. The molecule has 80 valence electrons. The third kappa shape index (κ3) is 3.29. The second-order valence-electron chi connectivity index (χ2n) is 3.01. The summed E-state index contributed by atoms with van der Waals surface area (Å²) in [7, 11) is 1.72. The third-order valence-electron chi connectivity index (χ3n) is 1.94. The van der Waals surface area contributed by atoms with E-state index < -0.39 is 0 Å². The molecule has 0 saturated heterocycles. The minimum Gasteiger partial charge on any atom is -0.390 e. The largest absolute Gasteiger partial charge is 0.390 e. The van der Waals surface area contributed by atoms with Gasteiger partial charge in [0.15, 0.2) is 0 Å². The number of allylic oxidation sites excluding steroid dienone is 1. The first kappa shape index (κ1) is 11.6. The fourth-order valence-electron chi connectivity index (χ4n) is 0.987. The number of anilines is 1. The van der Waals surface area contributed by atoms with Crippen LogP contribution in [0, 0.1) is 0 Å². The monoisotopic (exact) mass is 224 g/mol. The smallest absolute Gasteiger partial charge is 0.268 e. The Bertz CT molecular complexity index is 373. The molecule has 0 atom stereocenters. The van der Waals surface area contributed by atoms with Gasteiger partial charge in [-0.2, -0.15) is 0 Å². The molecule has 3 nitrogen and oxygen atoms in total. The number of carbonyl (C=O) groups is 1. The summed E-state index contributed by atoms with van der Waals surface area (Å²) in [5.41, 5.74) is 1.37. The van der Waals surface area contributed by atoms with E-state index in [1.807, 2.05) is 18.2 Å². The maximum absolute atomic E-state index is 11.6. The van der Waals surface area contributed by atoms with Gasteiger partial charge in [0.2, 0.25) is 0 Å². The van der Waals surface area contributed by atoms with E-state index in [2.05, 4.69) is 10.6 Å². The number of benzene rings is 1. The normalized spacial score (nSPS) is 11.7. The van der Waals surface area contributed by atoms with Crippen molar-refractivity contribution in [3.05, 3.63) is 41.1 Å². The van der Waals surface area contributed by atoms with Crippen molar-refractivity contribution in [2.75, 3.05) is 12.4 Å². The van der Waals surface area contributed by atoms with Gasteiger partial charge in [-0.05, 0) is 19.1 Å². The number of hydrogen-bond acceptors (Lipinski definition) is 2. The van der Waals surface area contributed by atoms with Crippen molar-refractivity contribution in [2.45, 2.75) is 6.92 Å². The Morgan fingerprint density at radius 1 is 1.27 bits per heavy atom. The Balaban J connectivity index is 2.73. The number of carbonyl (C=O) groups excluding carboxylic acids is 1. The van der Waals surface area contributed by atoms with Crippen molar-refractivity contribution >= 4 is 23.2 Å². The van der Waals surface area contributed by atoms with Gasteiger partial charge in [-0.1, -0.05) is 29.8 Å². The summed E-state index contributed by atoms with van der Waals surface area (Å²) in [6, 6.07) is 9.18. The quantitative estimate of drug-likeness (QED) is 0.774. The molecule has 0 aliphatic rings. The van der Waals surface area contributed by atoms with E-state index in [0.717, 1.165) is 5.69 Å². The van der Waals surface area contributed by atoms with E-state index in [4.69, 9.17) is 11.6 Å². The van der Waals surface area contributed by atoms with Gasteiger partial charge in [-0.15, -0.1) is 0 Å². The van der Waals surface area contributed by atoms with Gasteiger partial charge in [0.05, 0.1) is 0 Å². The maximum atomic E-state index is 11.6. The molecule has 0 radical (unpaired) electrons. The van der Waals surface area contributed by atoms with Crippen LogP contribution in [0.3, 0.4) is 0 Å². The molecule has 0 unspecified atom stereocenters. The lowest BCUT2D eigenvalue weighted by atomic mass is 10.3. The highest BCUT2D eigenvalue weighted by Crippen LogP contribution is 2.11. The molecule has 0 aliphatic heterocycles. The van der Waals surface area contributed by atoms with Crippen LogP contribution < -0.4 is 10.6 Å². The Labute approximate surface area is 94.1 Å². The molecule has 0 fully saturated rings. The molecule has 1 rings (SSSR count). The standard InChI is InChI=1S/C11H13ClN2O/c1-8(13-2)10(12)11(15)14-9-6-4-3-5-7-9/h3-7,13H,1-2H3,(H,14,15)/b10-8-. The molecular weight excluding hydrogens is 212 g/mol. The van der Waals surface area contributed by atoms with Gasteiger partial charge in [-0.3, -0.25) is 4.79 Å². The number of nitrogens with one attached hydrogen (secondary N) is 2. The first-order valence-corrected chi connectivity index (χ1v) is 4.93. The van der Waals surface area contributed by atoms with E-state index in [9.17, 15) is 4.79 Å². The van der Waals surface area contributed by atoms with Crippen LogP contribution in [-0.4, -0.2) is 13.0 Å². The van der Waals surface area contributed by atoms with Gasteiger partial charge in [0.25, 0.3) is 5.91 Å². The molecule has 4 heteroatoms. The molecule has 0 spiro atoms. The van der Waals surface area contributed by atoms with Crippen LogP contribution >= 0.6 is 11.6 Å². The summed E-state index contributed by atoms with van der Waals surface area (Å²) < 4.78 is 0. The number of hydrogen-bond donors (Lipinski definition) is 2. The number of para-hydroxylation sites is 1. The lowest BCUT2D eigenvalue weighted by molar-refractivity contribution is -0.112. The zero-order chi connectivity index (χ0) is 11.3. The first-order chi connectivity index (χ1) is 7.15. The minimum absolute atomic E-state index is 0.168. The highest BCUT2D eigenvalue weighted by atomic mass is 35.5. The van der Waals surface area contributed by atoms with E-state index in [0.29, 0.717) is 5.70 Å². The van der Waals surface area contributed by atoms with Crippen molar-refractivity contribution in [1.29, 1.82) is 0 Å². The van der Waals surface area contributed by atoms with E-state index in [1.165, 1.54) is 0 Å². The average Bonchev–Trinajstić information content (AvgIpc) is 2.28. The summed E-state index contributed by atoms with van der Waals surface area (Å²) in [6.07, 6.45) is 0. The van der Waals surface area contributed by atoms with Gasteiger partial charge < -0.3 is 10.6 Å². The van der Waals surface area contributed by atoms with Crippen LogP contribution in [0.25, 0.3) is 0 Å². The molecule has 15 heavy (non-hydrogen) atoms. The number of rotatable bonds is 3. The van der Waals surface area contributed by atoms with Gasteiger partial charge in [-0.25, -0.2) is 0 Å². The molecular formula is C11H13ClN2O. The zero-order valence-electron chi connectivity index (χ0n) is 8.67. The average molecular weight is 225 g/mol. The molecule has 2 N–H and O–H groups in total. The van der Waals surface area contributed by atoms with Crippen molar-refractivity contribution in [3.63, 3.8) is 0 Å². The van der Waals surface area contributed by atoms with Crippen LogP contribution in [0.15, 0.2) is 41.1 Å². The van der Waals surface area contributed by atoms with E-state index in [1.54, 1.807) is 26.1 Å². The predicted octanol–water partition coefficient (Wildman–Crippen LogP) is 2.31. The zero-order valence-corrected chi connectivity index (χ0v) is 9.43. The fraction of sp³-hybridized carbons (Fsp3) is 0.182. The van der Waals surface area contributed by atoms with Crippen molar-refractivity contribution in [2.24, 2.45) is 0 Å². The van der Waals surface area contributed by atoms with Crippen LogP contribution in [0.1, 0.15) is 6.92 Å². The molecule has 0 bridgehead atoms.